The van der Waals surface area contributed by atoms with Gasteiger partial charge in [0.25, 0.3) is 0 Å². The summed E-state index contributed by atoms with van der Waals surface area (Å²) in [5, 5.41) is 0. The van der Waals surface area contributed by atoms with Crippen molar-refractivity contribution in [3.63, 3.8) is 0 Å². The van der Waals surface area contributed by atoms with E-state index in [2.05, 4.69) is 4.74 Å². The van der Waals surface area contributed by atoms with Gasteiger partial charge in [-0.3, -0.25) is 0 Å². The third kappa shape index (κ3) is 5.31. The van der Waals surface area contributed by atoms with Crippen LogP contribution in [0, 0.1) is 0 Å². The molecule has 0 aliphatic heterocycles. The van der Waals surface area contributed by atoms with Crippen molar-refractivity contribution in [3.8, 4) is 0 Å². The quantitative estimate of drug-likeness (QED) is 0.423. The average molecular weight is 146 g/mol. The van der Waals surface area contributed by atoms with Gasteiger partial charge in [0.05, 0.1) is 7.11 Å². The molecule has 0 saturated carbocycles. The molecule has 0 bridgehead atoms. The molecule has 58 valence electrons. The summed E-state index contributed by atoms with van der Waals surface area (Å²) < 4.78 is 25.3. The van der Waals surface area contributed by atoms with E-state index >= 15 is 0 Å². The van der Waals surface area contributed by atoms with E-state index in [1.807, 2.05) is 0 Å². The zero-order valence-electron chi connectivity index (χ0n) is 9.13. The third-order valence-electron chi connectivity index (χ3n) is 0.834. The molecule has 0 aliphatic rings. The summed E-state index contributed by atoms with van der Waals surface area (Å²) in [6, 6.07) is 0. The highest BCUT2D eigenvalue weighted by atomic mass is 16.5. The van der Waals surface area contributed by atoms with Crippen molar-refractivity contribution in [2.75, 3.05) is 27.7 Å². The number of carbonyl (C=O) groups is 1. The summed E-state index contributed by atoms with van der Waals surface area (Å²) in [7, 11) is 2.72. The Kier molecular flexibility index (Phi) is 2.45. The minimum absolute atomic E-state index is 0.186. The van der Waals surface area contributed by atoms with Gasteiger partial charge in [-0.05, 0) is 14.0 Å². The highest BCUT2D eigenvalue weighted by molar-refractivity contribution is 5.81. The monoisotopic (exact) mass is 146 g/mol. The highest BCUT2D eigenvalue weighted by Crippen LogP contribution is 1.79. The summed E-state index contributed by atoms with van der Waals surface area (Å²) in [5.41, 5.74) is 0. The van der Waals surface area contributed by atoms with Crippen LogP contribution in [0.2, 0.25) is 0 Å². The number of methoxy groups -OCH3 is 1. The van der Waals surface area contributed by atoms with Gasteiger partial charge in [0.1, 0.15) is 0 Å². The van der Waals surface area contributed by atoms with Gasteiger partial charge in [0, 0.05) is 16.7 Å². The summed E-state index contributed by atoms with van der Waals surface area (Å²) in [6.45, 7) is -1.94. The van der Waals surface area contributed by atoms with Crippen LogP contribution < -0.4 is 0 Å². The molecule has 0 heterocycles. The Morgan fingerprint density at radius 3 is 3.10 bits per heavy atom. The topological polar surface area (TPSA) is 29.5 Å². The maximum absolute atomic E-state index is 10.6. The summed E-state index contributed by atoms with van der Waals surface area (Å²) >= 11 is 0. The molecule has 10 heavy (non-hydrogen) atoms. The lowest BCUT2D eigenvalue weighted by molar-refractivity contribution is -0.134. The first-order valence-electron chi connectivity index (χ1n) is 4.33. The minimum atomic E-state index is -2.12. The lowest BCUT2D eigenvalue weighted by Gasteiger charge is -2.02. The van der Waals surface area contributed by atoms with Gasteiger partial charge in [0.2, 0.25) is 0 Å². The zero-order chi connectivity index (χ0) is 10.5. The molecule has 0 spiro atoms. The van der Waals surface area contributed by atoms with Gasteiger partial charge >= 0.3 is 5.97 Å². The van der Waals surface area contributed by atoms with E-state index in [-0.39, 0.29) is 6.54 Å². The molecule has 0 aromatic rings. The molecular formula is C7H13NO2. The van der Waals surface area contributed by atoms with Crippen molar-refractivity contribution >= 4 is 5.97 Å². The standard InChI is InChI=1S/C7H13NO2/c1-8(2)6-4-5-7(9)10-3/h4-5H,6H2,1-3H3/b5-4+/i1D3. The Labute approximate surface area is 65.5 Å². The van der Waals surface area contributed by atoms with Crippen molar-refractivity contribution in [2.45, 2.75) is 0 Å². The van der Waals surface area contributed by atoms with Gasteiger partial charge < -0.3 is 9.64 Å². The Morgan fingerprint density at radius 2 is 2.60 bits per heavy atom. The number of hydrogen-bond donors (Lipinski definition) is 0. The summed E-state index contributed by atoms with van der Waals surface area (Å²) in [5.74, 6) is -0.487. The molecule has 0 radical (unpaired) electrons. The van der Waals surface area contributed by atoms with E-state index in [9.17, 15) is 4.79 Å². The molecule has 0 aromatic heterocycles. The molecule has 0 amide bonds. The predicted molar refractivity (Wildman–Crippen MR) is 39.7 cm³/mol. The third-order valence-corrected chi connectivity index (χ3v) is 0.834. The SMILES string of the molecule is [2H]C([2H])([2H])N(C)C/C=C/C(=O)OC. The zero-order valence-corrected chi connectivity index (χ0v) is 6.13. The second kappa shape index (κ2) is 4.99. The fourth-order valence-corrected chi connectivity index (χ4v) is 0.375. The minimum Gasteiger partial charge on any atom is -0.466 e. The number of rotatable bonds is 3. The lowest BCUT2D eigenvalue weighted by Crippen LogP contribution is -2.11. The second-order valence-corrected chi connectivity index (χ2v) is 1.81. The van der Waals surface area contributed by atoms with Crippen molar-refractivity contribution in [3.05, 3.63) is 12.2 Å². The lowest BCUT2D eigenvalue weighted by atomic mass is 10.5. The largest absolute Gasteiger partial charge is 0.466 e. The fourth-order valence-electron chi connectivity index (χ4n) is 0.375. The molecule has 0 unspecified atom stereocenters. The maximum atomic E-state index is 10.6. The molecule has 0 N–H and O–H groups in total. The van der Waals surface area contributed by atoms with Crippen molar-refractivity contribution in [2.24, 2.45) is 0 Å². The number of carbonyl (C=O) groups excluding carboxylic acids is 1. The van der Waals surface area contributed by atoms with Crippen LogP contribution in [0.15, 0.2) is 12.2 Å². The normalized spacial score (nSPS) is 16.5. The molecule has 0 saturated heterocycles. The Morgan fingerprint density at radius 1 is 1.90 bits per heavy atom. The highest BCUT2D eigenvalue weighted by Gasteiger charge is 1.89. The molecule has 3 nitrogen and oxygen atoms in total. The van der Waals surface area contributed by atoms with Gasteiger partial charge in [-0.25, -0.2) is 4.79 Å². The summed E-state index contributed by atoms with van der Waals surface area (Å²) in [4.78, 5) is 11.7. The fraction of sp³-hybridized carbons (Fsp3) is 0.571. The molecule has 3 heteroatoms. The van der Waals surface area contributed by atoms with E-state index in [4.69, 9.17) is 4.11 Å². The van der Waals surface area contributed by atoms with E-state index in [0.717, 1.165) is 4.90 Å². The molecule has 0 rings (SSSR count). The van der Waals surface area contributed by atoms with E-state index in [0.29, 0.717) is 0 Å². The van der Waals surface area contributed by atoms with Gasteiger partial charge in [0.15, 0.2) is 0 Å². The Hall–Kier alpha value is -0.830. The van der Waals surface area contributed by atoms with Crippen LogP contribution in [0.4, 0.5) is 0 Å². The maximum Gasteiger partial charge on any atom is 0.330 e. The van der Waals surface area contributed by atoms with E-state index in [1.54, 1.807) is 0 Å². The predicted octanol–water partition coefficient (Wildman–Crippen LogP) is 0.277. The van der Waals surface area contributed by atoms with Crippen LogP contribution in [0.3, 0.4) is 0 Å². The number of hydrogen-bond acceptors (Lipinski definition) is 3. The van der Waals surface area contributed by atoms with Crippen LogP contribution >= 0.6 is 0 Å². The molecule has 0 aliphatic carbocycles. The Bertz CT molecular complexity index is 200. The van der Waals surface area contributed by atoms with Crippen molar-refractivity contribution in [1.29, 1.82) is 0 Å². The van der Waals surface area contributed by atoms with Gasteiger partial charge in [-0.2, -0.15) is 0 Å². The first-order valence-corrected chi connectivity index (χ1v) is 2.83. The summed E-state index contributed by atoms with van der Waals surface area (Å²) in [6.07, 6.45) is 2.64. The smallest absolute Gasteiger partial charge is 0.330 e. The van der Waals surface area contributed by atoms with Crippen LogP contribution in [-0.4, -0.2) is 38.5 Å². The van der Waals surface area contributed by atoms with Gasteiger partial charge in [-0.15, -0.1) is 0 Å². The first-order chi connectivity index (χ1) is 5.88. The molecule has 0 atom stereocenters. The van der Waals surface area contributed by atoms with Gasteiger partial charge in [-0.1, -0.05) is 6.08 Å². The van der Waals surface area contributed by atoms with E-state index in [1.165, 1.54) is 26.3 Å². The van der Waals surface area contributed by atoms with Crippen LogP contribution in [0.25, 0.3) is 0 Å². The molecule has 0 aromatic carbocycles. The number of esters is 1. The number of nitrogens with zero attached hydrogens (tertiary/aromatic N) is 1. The van der Waals surface area contributed by atoms with Crippen molar-refractivity contribution in [1.82, 2.24) is 4.90 Å². The number of likely N-dealkylation sites (N-methyl/N-ethyl adjacent to an activating group) is 1. The first kappa shape index (κ1) is 4.91. The van der Waals surface area contributed by atoms with Crippen LogP contribution in [0.1, 0.15) is 4.11 Å². The van der Waals surface area contributed by atoms with Crippen LogP contribution in [0.5, 0.6) is 0 Å². The van der Waals surface area contributed by atoms with Crippen LogP contribution in [-0.2, 0) is 9.53 Å². The van der Waals surface area contributed by atoms with Crippen molar-refractivity contribution < 1.29 is 13.6 Å². The molecule has 0 fully saturated rings. The van der Waals surface area contributed by atoms with E-state index < -0.39 is 12.9 Å². The second-order valence-electron chi connectivity index (χ2n) is 1.81. The Balaban J connectivity index is 3.89. The molecular weight excluding hydrogens is 130 g/mol. The number of ether oxygens (including phenoxy) is 1. The average Bonchev–Trinajstić information content (AvgIpc) is 2.02.